The van der Waals surface area contributed by atoms with Gasteiger partial charge in [-0.1, -0.05) is 0 Å². The maximum Gasteiger partial charge on any atom is 0.420 e. The van der Waals surface area contributed by atoms with E-state index in [1.165, 1.54) is 29.9 Å². The minimum atomic E-state index is -1.17. The van der Waals surface area contributed by atoms with Gasteiger partial charge in [-0.15, -0.1) is 11.3 Å². The maximum absolute atomic E-state index is 11.1. The molecule has 0 saturated carbocycles. The van der Waals surface area contributed by atoms with Crippen molar-refractivity contribution in [3.8, 4) is 0 Å². The molecule has 0 aliphatic carbocycles. The molecule has 6 nitrogen and oxygen atoms in total. The SMILES string of the molecule is O=C(O)N(c1ncc(Br)cn1)c1nccs1. The molecule has 1 N–H and O–H groups in total. The van der Waals surface area contributed by atoms with Crippen molar-refractivity contribution in [3.05, 3.63) is 28.4 Å². The second-order valence-corrected chi connectivity index (χ2v) is 4.42. The summed E-state index contributed by atoms with van der Waals surface area (Å²) >= 11 is 4.38. The Hall–Kier alpha value is -1.54. The monoisotopic (exact) mass is 300 g/mol. The Bertz CT molecular complexity index is 487. The Balaban J connectivity index is 2.41. The lowest BCUT2D eigenvalue weighted by Gasteiger charge is -2.12. The van der Waals surface area contributed by atoms with Crippen molar-refractivity contribution < 1.29 is 9.90 Å². The highest BCUT2D eigenvalue weighted by Gasteiger charge is 2.21. The van der Waals surface area contributed by atoms with Crippen LogP contribution in [-0.4, -0.2) is 26.2 Å². The molecular formula is C8H5BrN4O2S. The standard InChI is InChI=1S/C8H5BrN4O2S/c9-5-3-11-6(12-4-5)13(8(14)15)7-10-1-2-16-7/h1-4H,(H,14,15). The molecule has 0 aliphatic heterocycles. The van der Waals surface area contributed by atoms with E-state index >= 15 is 0 Å². The predicted molar refractivity (Wildman–Crippen MR) is 62.0 cm³/mol. The first-order chi connectivity index (χ1) is 7.68. The first-order valence-corrected chi connectivity index (χ1v) is 5.76. The van der Waals surface area contributed by atoms with Gasteiger partial charge >= 0.3 is 6.09 Å². The summed E-state index contributed by atoms with van der Waals surface area (Å²) < 4.78 is 0.681. The molecule has 0 atom stereocenters. The van der Waals surface area contributed by atoms with Crippen LogP contribution < -0.4 is 4.90 Å². The third-order valence-corrected chi connectivity index (χ3v) is 2.77. The molecule has 2 rings (SSSR count). The number of thiazole rings is 1. The third-order valence-electron chi connectivity index (χ3n) is 1.61. The number of halogens is 1. The van der Waals surface area contributed by atoms with E-state index in [1.807, 2.05) is 0 Å². The molecule has 2 heterocycles. The molecule has 0 spiro atoms. The zero-order valence-corrected chi connectivity index (χ0v) is 10.1. The Kier molecular flexibility index (Phi) is 3.11. The number of carbonyl (C=O) groups is 1. The van der Waals surface area contributed by atoms with E-state index in [-0.39, 0.29) is 5.95 Å². The van der Waals surface area contributed by atoms with Crippen molar-refractivity contribution in [2.24, 2.45) is 0 Å². The molecule has 0 fully saturated rings. The van der Waals surface area contributed by atoms with Crippen molar-refractivity contribution >= 4 is 44.4 Å². The molecule has 0 unspecified atom stereocenters. The van der Waals surface area contributed by atoms with Crippen LogP contribution >= 0.6 is 27.3 Å². The van der Waals surface area contributed by atoms with E-state index in [0.29, 0.717) is 9.60 Å². The number of carboxylic acid groups (broad SMARTS) is 1. The summed E-state index contributed by atoms with van der Waals surface area (Å²) in [6.45, 7) is 0. The van der Waals surface area contributed by atoms with Gasteiger partial charge in [-0.05, 0) is 15.9 Å². The van der Waals surface area contributed by atoms with E-state index in [0.717, 1.165) is 4.90 Å². The molecule has 0 saturated heterocycles. The van der Waals surface area contributed by atoms with Crippen molar-refractivity contribution in [1.29, 1.82) is 0 Å². The normalized spacial score (nSPS) is 10.1. The van der Waals surface area contributed by atoms with E-state index in [1.54, 1.807) is 5.38 Å². The summed E-state index contributed by atoms with van der Waals surface area (Å²) in [6, 6.07) is 0. The Morgan fingerprint density at radius 1 is 1.38 bits per heavy atom. The van der Waals surface area contributed by atoms with Gasteiger partial charge in [0.25, 0.3) is 0 Å². The smallest absolute Gasteiger partial charge is 0.420 e. The number of hydrogen-bond donors (Lipinski definition) is 1. The number of anilines is 2. The first-order valence-electron chi connectivity index (χ1n) is 4.08. The topological polar surface area (TPSA) is 79.2 Å². The summed E-state index contributed by atoms with van der Waals surface area (Å²) in [5, 5.41) is 11.1. The lowest BCUT2D eigenvalue weighted by molar-refractivity contribution is 0.204. The van der Waals surface area contributed by atoms with E-state index < -0.39 is 6.09 Å². The lowest BCUT2D eigenvalue weighted by atomic mass is 10.6. The van der Waals surface area contributed by atoms with Gasteiger partial charge in [0.2, 0.25) is 11.1 Å². The molecule has 16 heavy (non-hydrogen) atoms. The summed E-state index contributed by atoms with van der Waals surface area (Å²) in [6.07, 6.45) is 3.31. The van der Waals surface area contributed by atoms with Crippen LogP contribution in [0.3, 0.4) is 0 Å². The molecule has 0 aliphatic rings. The van der Waals surface area contributed by atoms with Crippen molar-refractivity contribution in [3.63, 3.8) is 0 Å². The fourth-order valence-electron chi connectivity index (χ4n) is 1.00. The van der Waals surface area contributed by atoms with Gasteiger partial charge < -0.3 is 5.11 Å². The highest BCUT2D eigenvalue weighted by Crippen LogP contribution is 2.24. The average molecular weight is 301 g/mol. The quantitative estimate of drug-likeness (QED) is 0.922. The van der Waals surface area contributed by atoms with Gasteiger partial charge in [0.1, 0.15) is 0 Å². The summed E-state index contributed by atoms with van der Waals surface area (Å²) in [4.78, 5) is 23.7. The lowest BCUT2D eigenvalue weighted by Crippen LogP contribution is -2.25. The highest BCUT2D eigenvalue weighted by molar-refractivity contribution is 9.10. The van der Waals surface area contributed by atoms with Crippen LogP contribution in [-0.2, 0) is 0 Å². The molecule has 2 aromatic rings. The van der Waals surface area contributed by atoms with Crippen molar-refractivity contribution in [2.75, 3.05) is 4.90 Å². The number of nitrogens with zero attached hydrogens (tertiary/aromatic N) is 4. The zero-order valence-electron chi connectivity index (χ0n) is 7.74. The van der Waals surface area contributed by atoms with E-state index in [4.69, 9.17) is 5.11 Å². The second kappa shape index (κ2) is 4.54. The molecule has 82 valence electrons. The zero-order chi connectivity index (χ0) is 11.5. The Morgan fingerprint density at radius 3 is 2.56 bits per heavy atom. The van der Waals surface area contributed by atoms with E-state index in [9.17, 15) is 4.79 Å². The first kappa shape index (κ1) is 11.0. The fraction of sp³-hybridized carbons (Fsp3) is 0. The molecule has 1 amide bonds. The van der Waals surface area contributed by atoms with Gasteiger partial charge in [-0.3, -0.25) is 0 Å². The number of amides is 1. The van der Waals surface area contributed by atoms with Gasteiger partial charge in [0, 0.05) is 24.0 Å². The third kappa shape index (κ3) is 2.17. The Morgan fingerprint density at radius 2 is 2.06 bits per heavy atom. The molecule has 2 aromatic heterocycles. The summed E-state index contributed by atoms with van der Waals surface area (Å²) in [7, 11) is 0. The number of hydrogen-bond acceptors (Lipinski definition) is 5. The van der Waals surface area contributed by atoms with Gasteiger partial charge in [-0.25, -0.2) is 19.7 Å². The molecule has 0 bridgehead atoms. The van der Waals surface area contributed by atoms with Crippen LogP contribution in [0.15, 0.2) is 28.4 Å². The van der Waals surface area contributed by atoms with Crippen LogP contribution in [0.25, 0.3) is 0 Å². The molecular weight excluding hydrogens is 296 g/mol. The van der Waals surface area contributed by atoms with Crippen LogP contribution in [0, 0.1) is 0 Å². The average Bonchev–Trinajstić information content (AvgIpc) is 2.74. The minimum Gasteiger partial charge on any atom is -0.464 e. The van der Waals surface area contributed by atoms with Crippen LogP contribution in [0.1, 0.15) is 0 Å². The number of rotatable bonds is 2. The largest absolute Gasteiger partial charge is 0.464 e. The van der Waals surface area contributed by atoms with E-state index in [2.05, 4.69) is 30.9 Å². The van der Waals surface area contributed by atoms with Gasteiger partial charge in [0.05, 0.1) is 4.47 Å². The molecule has 0 radical (unpaired) electrons. The van der Waals surface area contributed by atoms with Crippen LogP contribution in [0.4, 0.5) is 15.9 Å². The molecule has 0 aromatic carbocycles. The summed E-state index contributed by atoms with van der Waals surface area (Å²) in [5.74, 6) is 0.0747. The predicted octanol–water partition coefficient (Wildman–Crippen LogP) is 2.51. The van der Waals surface area contributed by atoms with Crippen LogP contribution in [0.2, 0.25) is 0 Å². The fourth-order valence-corrected chi connectivity index (χ4v) is 1.84. The van der Waals surface area contributed by atoms with Gasteiger partial charge in [0.15, 0.2) is 0 Å². The number of aromatic nitrogens is 3. The maximum atomic E-state index is 11.1. The second-order valence-electron chi connectivity index (χ2n) is 2.63. The minimum absolute atomic E-state index is 0.0747. The van der Waals surface area contributed by atoms with Gasteiger partial charge in [-0.2, -0.15) is 4.90 Å². The summed E-state index contributed by atoms with van der Waals surface area (Å²) in [5.41, 5.74) is 0. The molecule has 8 heteroatoms. The van der Waals surface area contributed by atoms with Crippen molar-refractivity contribution in [1.82, 2.24) is 15.0 Å². The Labute approximate surface area is 103 Å². The van der Waals surface area contributed by atoms with Crippen LogP contribution in [0.5, 0.6) is 0 Å². The highest BCUT2D eigenvalue weighted by atomic mass is 79.9. The van der Waals surface area contributed by atoms with Crippen molar-refractivity contribution in [2.45, 2.75) is 0 Å².